The van der Waals surface area contributed by atoms with E-state index in [9.17, 15) is 12.8 Å². The zero-order valence-corrected chi connectivity index (χ0v) is 17.8. The molecule has 0 aliphatic carbocycles. The van der Waals surface area contributed by atoms with Crippen molar-refractivity contribution in [2.75, 3.05) is 6.54 Å². The van der Waals surface area contributed by atoms with Crippen LogP contribution in [0, 0.1) is 12.7 Å². The third-order valence-corrected chi connectivity index (χ3v) is 7.66. The second kappa shape index (κ2) is 7.59. The van der Waals surface area contributed by atoms with Crippen molar-refractivity contribution in [1.29, 1.82) is 0 Å². The molecule has 0 radical (unpaired) electrons. The van der Waals surface area contributed by atoms with Crippen LogP contribution in [0.4, 0.5) is 4.39 Å². The average molecular weight is 437 g/mol. The largest absolute Gasteiger partial charge is 0.439 e. The van der Waals surface area contributed by atoms with Gasteiger partial charge >= 0.3 is 0 Å². The molecule has 7 heteroatoms. The van der Waals surface area contributed by atoms with E-state index in [0.29, 0.717) is 35.5 Å². The van der Waals surface area contributed by atoms with Gasteiger partial charge in [0.25, 0.3) is 0 Å². The van der Waals surface area contributed by atoms with E-state index < -0.39 is 16.1 Å². The fraction of sp³-hybridized carbons (Fsp3) is 0.208. The Balaban J connectivity index is 1.50. The van der Waals surface area contributed by atoms with Crippen LogP contribution < -0.4 is 0 Å². The molecule has 1 aromatic heterocycles. The van der Waals surface area contributed by atoms with Crippen LogP contribution in [0.25, 0.3) is 22.2 Å². The zero-order valence-electron chi connectivity index (χ0n) is 17.0. The van der Waals surface area contributed by atoms with E-state index in [1.165, 1.54) is 10.4 Å². The fourth-order valence-electron chi connectivity index (χ4n) is 4.09. The van der Waals surface area contributed by atoms with Gasteiger partial charge in [0.1, 0.15) is 17.4 Å². The van der Waals surface area contributed by atoms with Gasteiger partial charge in [0, 0.05) is 6.54 Å². The molecule has 0 unspecified atom stereocenters. The molecule has 0 saturated carbocycles. The molecule has 1 saturated heterocycles. The highest BCUT2D eigenvalue weighted by molar-refractivity contribution is 7.89. The molecule has 31 heavy (non-hydrogen) atoms. The third kappa shape index (κ3) is 3.54. The first kappa shape index (κ1) is 19.9. The Hall–Kier alpha value is -3.03. The maximum atomic E-state index is 13.6. The maximum absolute atomic E-state index is 13.6. The van der Waals surface area contributed by atoms with Crippen LogP contribution in [0.15, 0.2) is 76.0 Å². The predicted molar refractivity (Wildman–Crippen MR) is 116 cm³/mol. The minimum atomic E-state index is -3.64. The summed E-state index contributed by atoms with van der Waals surface area (Å²) < 4.78 is 47.4. The van der Waals surface area contributed by atoms with Crippen molar-refractivity contribution < 1.29 is 17.2 Å². The molecule has 5 rings (SSSR count). The second-order valence-corrected chi connectivity index (χ2v) is 9.68. The number of rotatable bonds is 4. The van der Waals surface area contributed by atoms with E-state index in [-0.39, 0.29) is 10.7 Å². The quantitative estimate of drug-likeness (QED) is 0.426. The average Bonchev–Trinajstić information content (AvgIpc) is 3.43. The molecule has 3 aromatic carbocycles. The molecular weight excluding hydrogens is 415 g/mol. The summed E-state index contributed by atoms with van der Waals surface area (Å²) in [7, 11) is -3.64. The summed E-state index contributed by atoms with van der Waals surface area (Å²) in [6.07, 6.45) is 1.40. The topological polar surface area (TPSA) is 63.4 Å². The summed E-state index contributed by atoms with van der Waals surface area (Å²) in [4.78, 5) is 4.90. The number of hydrogen-bond acceptors (Lipinski definition) is 4. The highest BCUT2D eigenvalue weighted by Gasteiger charge is 2.38. The summed E-state index contributed by atoms with van der Waals surface area (Å²) >= 11 is 0. The van der Waals surface area contributed by atoms with E-state index in [1.807, 2.05) is 18.2 Å². The van der Waals surface area contributed by atoms with Crippen LogP contribution in [-0.4, -0.2) is 24.3 Å². The lowest BCUT2D eigenvalue weighted by Gasteiger charge is -2.21. The van der Waals surface area contributed by atoms with Crippen LogP contribution in [-0.2, 0) is 10.0 Å². The summed E-state index contributed by atoms with van der Waals surface area (Å²) in [5, 5.41) is 0. The minimum Gasteiger partial charge on any atom is -0.439 e. The first-order valence-electron chi connectivity index (χ1n) is 10.2. The van der Waals surface area contributed by atoms with Gasteiger partial charge in [-0.15, -0.1) is 0 Å². The molecule has 0 N–H and O–H groups in total. The number of halogens is 1. The summed E-state index contributed by atoms with van der Waals surface area (Å²) in [5.74, 6) is 0.161. The highest BCUT2D eigenvalue weighted by atomic mass is 32.2. The Morgan fingerprint density at radius 2 is 1.77 bits per heavy atom. The van der Waals surface area contributed by atoms with E-state index in [1.54, 1.807) is 49.4 Å². The first-order chi connectivity index (χ1) is 14.9. The van der Waals surface area contributed by atoms with E-state index in [4.69, 9.17) is 4.42 Å². The molecule has 0 amide bonds. The molecule has 5 nitrogen and oxygen atoms in total. The van der Waals surface area contributed by atoms with E-state index in [0.717, 1.165) is 17.5 Å². The molecular formula is C24H21FN2O3S. The Kier molecular flexibility index (Phi) is 4.87. The number of oxazole rings is 1. The van der Waals surface area contributed by atoms with Gasteiger partial charge in [0.2, 0.25) is 15.9 Å². The maximum Gasteiger partial charge on any atom is 0.243 e. The number of aryl methyl sites for hydroxylation is 1. The molecule has 4 aromatic rings. The number of fused-ring (bicyclic) bond motifs is 1. The minimum absolute atomic E-state index is 0.241. The lowest BCUT2D eigenvalue weighted by Crippen LogP contribution is -2.30. The predicted octanol–water partition coefficient (Wildman–Crippen LogP) is 5.47. The lowest BCUT2D eigenvalue weighted by atomic mass is 10.0. The molecule has 2 heterocycles. The van der Waals surface area contributed by atoms with Crippen LogP contribution in [0.2, 0.25) is 0 Å². The number of sulfonamides is 1. The summed E-state index contributed by atoms with van der Waals surface area (Å²) in [5.41, 5.74) is 3.61. The van der Waals surface area contributed by atoms with Gasteiger partial charge in [-0.05, 0) is 72.9 Å². The van der Waals surface area contributed by atoms with Crippen molar-refractivity contribution in [1.82, 2.24) is 9.29 Å². The first-order valence-corrected chi connectivity index (χ1v) is 11.6. The van der Waals surface area contributed by atoms with Crippen molar-refractivity contribution in [2.24, 2.45) is 0 Å². The third-order valence-electron chi connectivity index (χ3n) is 5.73. The zero-order chi connectivity index (χ0) is 21.6. The molecule has 0 spiro atoms. The normalized spacial score (nSPS) is 17.4. The Morgan fingerprint density at radius 1 is 1.03 bits per heavy atom. The van der Waals surface area contributed by atoms with Gasteiger partial charge in [-0.25, -0.2) is 17.8 Å². The van der Waals surface area contributed by atoms with Crippen molar-refractivity contribution >= 4 is 21.1 Å². The van der Waals surface area contributed by atoms with Crippen LogP contribution in [0.1, 0.15) is 30.3 Å². The van der Waals surface area contributed by atoms with E-state index in [2.05, 4.69) is 4.98 Å². The van der Waals surface area contributed by atoms with Crippen molar-refractivity contribution in [3.8, 4) is 11.1 Å². The van der Waals surface area contributed by atoms with Crippen LogP contribution in [0.5, 0.6) is 0 Å². The van der Waals surface area contributed by atoms with Gasteiger partial charge in [-0.1, -0.05) is 30.3 Å². The Labute approximate surface area is 180 Å². The SMILES string of the molecule is Cc1cc(-c2ccc3oc([C@@H]4CCCN4S(=O)(=O)c4ccccc4)nc3c2)ccc1F. The van der Waals surface area contributed by atoms with Gasteiger partial charge in [0.15, 0.2) is 5.58 Å². The number of benzene rings is 3. The second-order valence-electron chi connectivity index (χ2n) is 7.79. The molecule has 1 aliphatic rings. The number of aromatic nitrogens is 1. The molecule has 1 fully saturated rings. The Bertz CT molecular complexity index is 1370. The van der Waals surface area contributed by atoms with Gasteiger partial charge in [0.05, 0.1) is 4.90 Å². The summed E-state index contributed by atoms with van der Waals surface area (Å²) in [6, 6.07) is 18.6. The van der Waals surface area contributed by atoms with Crippen molar-refractivity contribution in [2.45, 2.75) is 30.7 Å². The van der Waals surface area contributed by atoms with Crippen LogP contribution in [0.3, 0.4) is 0 Å². The molecule has 158 valence electrons. The monoisotopic (exact) mass is 436 g/mol. The molecule has 1 atom stereocenters. The van der Waals surface area contributed by atoms with Crippen molar-refractivity contribution in [3.05, 3.63) is 84.0 Å². The highest BCUT2D eigenvalue weighted by Crippen LogP contribution is 2.37. The lowest BCUT2D eigenvalue weighted by molar-refractivity contribution is 0.337. The molecule has 0 bridgehead atoms. The van der Waals surface area contributed by atoms with Gasteiger partial charge < -0.3 is 4.42 Å². The molecule has 1 aliphatic heterocycles. The smallest absolute Gasteiger partial charge is 0.243 e. The van der Waals surface area contributed by atoms with E-state index >= 15 is 0 Å². The number of hydrogen-bond donors (Lipinski definition) is 0. The standard InChI is InChI=1S/C24H21FN2O3S/c1-16-14-17(9-11-20(16)25)18-10-12-23-21(15-18)26-24(30-23)22-8-5-13-27(22)31(28,29)19-6-3-2-4-7-19/h2-4,6-7,9-12,14-15,22H,5,8,13H2,1H3/t22-/m0/s1. The van der Waals surface area contributed by atoms with Crippen LogP contribution >= 0.6 is 0 Å². The van der Waals surface area contributed by atoms with Crippen molar-refractivity contribution in [3.63, 3.8) is 0 Å². The Morgan fingerprint density at radius 3 is 2.55 bits per heavy atom. The van der Waals surface area contributed by atoms with Gasteiger partial charge in [-0.3, -0.25) is 0 Å². The fourth-order valence-corrected chi connectivity index (χ4v) is 5.77. The summed E-state index contributed by atoms with van der Waals surface area (Å²) in [6.45, 7) is 2.16. The van der Waals surface area contributed by atoms with Gasteiger partial charge in [-0.2, -0.15) is 4.31 Å². The number of nitrogens with zero attached hydrogens (tertiary/aromatic N) is 2.